The molecule has 1 heterocycles. The van der Waals surface area contributed by atoms with Crippen molar-refractivity contribution in [2.75, 3.05) is 40.5 Å². The molecule has 0 saturated carbocycles. The molecule has 1 aromatic carbocycles. The molecule has 0 aliphatic carbocycles. The minimum Gasteiger partial charge on any atom is -0.493 e. The van der Waals surface area contributed by atoms with Gasteiger partial charge >= 0.3 is 0 Å². The minimum absolute atomic E-state index is 0.236. The second kappa shape index (κ2) is 9.11. The van der Waals surface area contributed by atoms with Gasteiger partial charge in [0.1, 0.15) is 0 Å². The molecule has 0 radical (unpaired) electrons. The third-order valence-electron chi connectivity index (χ3n) is 4.06. The lowest BCUT2D eigenvalue weighted by atomic mass is 9.98. The van der Waals surface area contributed by atoms with Crippen molar-refractivity contribution in [1.82, 2.24) is 4.90 Å². The maximum absolute atomic E-state index is 10.9. The lowest BCUT2D eigenvalue weighted by Gasteiger charge is -2.32. The van der Waals surface area contributed by atoms with Crippen molar-refractivity contribution < 1.29 is 19.0 Å². The molecule has 0 spiro atoms. The number of hydrogen-bond acceptors (Lipinski definition) is 5. The van der Waals surface area contributed by atoms with Gasteiger partial charge in [0, 0.05) is 20.2 Å². The molecular weight excluding hydrogens is 332 g/mol. The number of carbonyl (C=O) groups is 1. The number of carbonyl (C=O) groups excluding carboxylic acids is 1. The zero-order chi connectivity index (χ0) is 17.5. The molecule has 6 nitrogen and oxygen atoms in total. The number of hydrogen-bond donors (Lipinski definition) is 1. The van der Waals surface area contributed by atoms with Gasteiger partial charge in [0.05, 0.1) is 18.7 Å². The van der Waals surface area contributed by atoms with E-state index in [4.69, 9.17) is 31.5 Å². The molecule has 7 heteroatoms. The Kier molecular flexibility index (Phi) is 7.15. The molecular formula is C17H25ClN2O4. The van der Waals surface area contributed by atoms with E-state index in [0.29, 0.717) is 22.4 Å². The van der Waals surface area contributed by atoms with Crippen molar-refractivity contribution >= 4 is 17.5 Å². The van der Waals surface area contributed by atoms with Gasteiger partial charge in [0.25, 0.3) is 5.91 Å². The standard InChI is InChI=1S/C17H25ClN2O4/c1-22-10-12-4-3-5-20(8-12)9-13-6-14(18)17(15(7-13)23-2)24-11-16(19)21/h6-7,12H,3-5,8-11H2,1-2H3,(H2,19,21). The topological polar surface area (TPSA) is 74.0 Å². The number of nitrogens with zero attached hydrogens (tertiary/aromatic N) is 1. The molecule has 0 aromatic heterocycles. The van der Waals surface area contributed by atoms with Gasteiger partial charge in [-0.1, -0.05) is 11.6 Å². The summed E-state index contributed by atoms with van der Waals surface area (Å²) in [4.78, 5) is 13.3. The number of piperidine rings is 1. The largest absolute Gasteiger partial charge is 0.493 e. The molecule has 1 aliphatic rings. The molecule has 24 heavy (non-hydrogen) atoms. The van der Waals surface area contributed by atoms with E-state index in [1.807, 2.05) is 12.1 Å². The van der Waals surface area contributed by atoms with Crippen LogP contribution in [0.4, 0.5) is 0 Å². The van der Waals surface area contributed by atoms with E-state index in [-0.39, 0.29) is 6.61 Å². The van der Waals surface area contributed by atoms with Crippen LogP contribution in [0.25, 0.3) is 0 Å². The average molecular weight is 357 g/mol. The number of primary amides is 1. The second-order valence-corrected chi connectivity index (χ2v) is 6.47. The molecule has 134 valence electrons. The van der Waals surface area contributed by atoms with E-state index in [0.717, 1.165) is 31.8 Å². The van der Waals surface area contributed by atoms with Crippen LogP contribution in [0.5, 0.6) is 11.5 Å². The summed E-state index contributed by atoms with van der Waals surface area (Å²) >= 11 is 6.30. The van der Waals surface area contributed by atoms with Crippen LogP contribution in [0.1, 0.15) is 18.4 Å². The van der Waals surface area contributed by atoms with Crippen LogP contribution in [0.3, 0.4) is 0 Å². The zero-order valence-electron chi connectivity index (χ0n) is 14.2. The van der Waals surface area contributed by atoms with Gasteiger partial charge in [-0.3, -0.25) is 9.69 Å². The van der Waals surface area contributed by atoms with Crippen molar-refractivity contribution in [2.24, 2.45) is 11.7 Å². The molecule has 0 bridgehead atoms. The first-order valence-corrected chi connectivity index (χ1v) is 8.40. The predicted molar refractivity (Wildman–Crippen MR) is 92.6 cm³/mol. The Morgan fingerprint density at radius 1 is 1.42 bits per heavy atom. The Morgan fingerprint density at radius 2 is 2.21 bits per heavy atom. The van der Waals surface area contributed by atoms with E-state index in [9.17, 15) is 4.79 Å². The molecule has 1 saturated heterocycles. The highest BCUT2D eigenvalue weighted by atomic mass is 35.5. The van der Waals surface area contributed by atoms with Crippen molar-refractivity contribution in [3.8, 4) is 11.5 Å². The summed E-state index contributed by atoms with van der Waals surface area (Å²) in [7, 11) is 3.29. The number of methoxy groups -OCH3 is 2. The highest BCUT2D eigenvalue weighted by Gasteiger charge is 2.21. The van der Waals surface area contributed by atoms with E-state index < -0.39 is 5.91 Å². The number of halogens is 1. The van der Waals surface area contributed by atoms with Crippen molar-refractivity contribution in [1.29, 1.82) is 0 Å². The molecule has 1 aromatic rings. The third kappa shape index (κ3) is 5.26. The smallest absolute Gasteiger partial charge is 0.255 e. The van der Waals surface area contributed by atoms with Crippen LogP contribution in [0, 0.1) is 5.92 Å². The monoisotopic (exact) mass is 356 g/mol. The van der Waals surface area contributed by atoms with Crippen molar-refractivity contribution in [3.05, 3.63) is 22.7 Å². The first-order chi connectivity index (χ1) is 11.5. The predicted octanol–water partition coefficient (Wildman–Crippen LogP) is 2.07. The van der Waals surface area contributed by atoms with E-state index in [1.165, 1.54) is 12.8 Å². The summed E-state index contributed by atoms with van der Waals surface area (Å²) in [5.41, 5.74) is 6.15. The number of benzene rings is 1. The first kappa shape index (κ1) is 18.8. The quantitative estimate of drug-likeness (QED) is 0.771. The Labute approximate surface area is 147 Å². The number of ether oxygens (including phenoxy) is 3. The second-order valence-electron chi connectivity index (χ2n) is 6.06. The van der Waals surface area contributed by atoms with E-state index >= 15 is 0 Å². The SMILES string of the molecule is COCC1CCCN(Cc2cc(Cl)c(OCC(N)=O)c(OC)c2)C1. The lowest BCUT2D eigenvalue weighted by molar-refractivity contribution is -0.119. The summed E-state index contributed by atoms with van der Waals surface area (Å²) in [6, 6.07) is 3.74. The molecule has 1 amide bonds. The number of rotatable bonds is 8. The van der Waals surface area contributed by atoms with E-state index in [1.54, 1.807) is 14.2 Å². The van der Waals surface area contributed by atoms with Crippen LogP contribution in [0.2, 0.25) is 5.02 Å². The fourth-order valence-corrected chi connectivity index (χ4v) is 3.36. The van der Waals surface area contributed by atoms with Crippen molar-refractivity contribution in [3.63, 3.8) is 0 Å². The number of amides is 1. The molecule has 1 aliphatic heterocycles. The van der Waals surface area contributed by atoms with Crippen LogP contribution in [0.15, 0.2) is 12.1 Å². The van der Waals surface area contributed by atoms with Gasteiger partial charge in [0.2, 0.25) is 0 Å². The molecule has 2 rings (SSSR count). The molecule has 1 atom stereocenters. The Bertz CT molecular complexity index is 566. The van der Waals surface area contributed by atoms with Crippen molar-refractivity contribution in [2.45, 2.75) is 19.4 Å². The third-order valence-corrected chi connectivity index (χ3v) is 4.34. The Balaban J connectivity index is 2.07. The highest BCUT2D eigenvalue weighted by molar-refractivity contribution is 6.32. The average Bonchev–Trinajstić information content (AvgIpc) is 2.54. The lowest BCUT2D eigenvalue weighted by Crippen LogP contribution is -2.36. The summed E-state index contributed by atoms with van der Waals surface area (Å²) in [5, 5.41) is 0.413. The normalized spacial score (nSPS) is 18.4. The minimum atomic E-state index is -0.560. The maximum Gasteiger partial charge on any atom is 0.255 e. The van der Waals surface area contributed by atoms with Crippen LogP contribution in [-0.4, -0.2) is 51.3 Å². The highest BCUT2D eigenvalue weighted by Crippen LogP contribution is 2.37. The Morgan fingerprint density at radius 3 is 2.88 bits per heavy atom. The van der Waals surface area contributed by atoms with Crippen LogP contribution < -0.4 is 15.2 Å². The number of likely N-dealkylation sites (tertiary alicyclic amines) is 1. The van der Waals surface area contributed by atoms with Gasteiger partial charge in [-0.05, 0) is 43.0 Å². The van der Waals surface area contributed by atoms with Crippen LogP contribution >= 0.6 is 11.6 Å². The van der Waals surface area contributed by atoms with Gasteiger partial charge in [-0.25, -0.2) is 0 Å². The van der Waals surface area contributed by atoms with Gasteiger partial charge in [-0.15, -0.1) is 0 Å². The summed E-state index contributed by atoms with van der Waals surface area (Å²) in [6.07, 6.45) is 2.37. The molecule has 1 fully saturated rings. The molecule has 1 unspecified atom stereocenters. The van der Waals surface area contributed by atoms with Gasteiger partial charge in [-0.2, -0.15) is 0 Å². The summed E-state index contributed by atoms with van der Waals surface area (Å²) in [6.45, 7) is 3.40. The maximum atomic E-state index is 10.9. The fraction of sp³-hybridized carbons (Fsp3) is 0.588. The van der Waals surface area contributed by atoms with Crippen LogP contribution in [-0.2, 0) is 16.1 Å². The number of nitrogens with two attached hydrogens (primary N) is 1. The summed E-state index contributed by atoms with van der Waals surface area (Å²) in [5.74, 6) is 0.857. The van der Waals surface area contributed by atoms with Gasteiger partial charge in [0.15, 0.2) is 18.1 Å². The van der Waals surface area contributed by atoms with Gasteiger partial charge < -0.3 is 19.9 Å². The Hall–Kier alpha value is -1.50. The first-order valence-electron chi connectivity index (χ1n) is 8.02. The fourth-order valence-electron chi connectivity index (χ4n) is 3.07. The summed E-state index contributed by atoms with van der Waals surface area (Å²) < 4.78 is 16.0. The van der Waals surface area contributed by atoms with E-state index in [2.05, 4.69) is 4.90 Å². The molecule has 2 N–H and O–H groups in total. The zero-order valence-corrected chi connectivity index (χ0v) is 15.0.